The van der Waals surface area contributed by atoms with Crippen LogP contribution < -0.4 is 15.0 Å². The summed E-state index contributed by atoms with van der Waals surface area (Å²) in [4.78, 5) is 16.5. The Balaban J connectivity index is 1.64. The van der Waals surface area contributed by atoms with Gasteiger partial charge in [0.2, 0.25) is 0 Å². The Hall–Kier alpha value is -2.11. The summed E-state index contributed by atoms with van der Waals surface area (Å²) in [5.41, 5.74) is 2.55. The lowest BCUT2D eigenvalue weighted by Crippen LogP contribution is -2.50. The number of carbonyl (C=O) groups excluding carboxylic acids is 1. The molecule has 2 aromatic rings. The third kappa shape index (κ3) is 4.00. The largest absolute Gasteiger partial charge is 0.495 e. The summed E-state index contributed by atoms with van der Waals surface area (Å²) in [6, 6.07) is 10.9. The first-order chi connectivity index (χ1) is 12.5. The van der Waals surface area contributed by atoms with Crippen molar-refractivity contribution >= 4 is 40.6 Å². The molecule has 1 aliphatic heterocycles. The highest BCUT2D eigenvalue weighted by molar-refractivity contribution is 6.31. The lowest BCUT2D eigenvalue weighted by Gasteiger charge is -2.36. The molecule has 0 radical (unpaired) electrons. The van der Waals surface area contributed by atoms with Gasteiger partial charge in [0.05, 0.1) is 12.8 Å². The Bertz CT molecular complexity index is 805. The zero-order valence-corrected chi connectivity index (χ0v) is 16.3. The number of hydrogen-bond donors (Lipinski definition) is 1. The monoisotopic (exact) mass is 393 g/mol. The second-order valence-corrected chi connectivity index (χ2v) is 6.98. The molecule has 1 aliphatic rings. The van der Waals surface area contributed by atoms with E-state index in [1.807, 2.05) is 37.3 Å². The number of methoxy groups -OCH3 is 1. The maximum atomic E-state index is 12.6. The normalized spacial score (nSPS) is 14.3. The van der Waals surface area contributed by atoms with Gasteiger partial charge in [-0.05, 0) is 42.8 Å². The summed E-state index contributed by atoms with van der Waals surface area (Å²) >= 11 is 12.2. The van der Waals surface area contributed by atoms with Crippen molar-refractivity contribution in [3.8, 4) is 5.75 Å². The molecular formula is C19H21Cl2N3O2. The maximum absolute atomic E-state index is 12.6. The summed E-state index contributed by atoms with van der Waals surface area (Å²) in [6.45, 7) is 4.53. The van der Waals surface area contributed by atoms with E-state index in [1.54, 1.807) is 18.1 Å². The van der Waals surface area contributed by atoms with Gasteiger partial charge >= 0.3 is 6.03 Å². The van der Waals surface area contributed by atoms with Gasteiger partial charge in [-0.25, -0.2) is 4.79 Å². The average Bonchev–Trinajstić information content (AvgIpc) is 2.65. The molecule has 0 atom stereocenters. The molecule has 0 bridgehead atoms. The molecule has 1 saturated heterocycles. The van der Waals surface area contributed by atoms with Crippen LogP contribution in [0.1, 0.15) is 5.56 Å². The summed E-state index contributed by atoms with van der Waals surface area (Å²) in [6.07, 6.45) is 0. The van der Waals surface area contributed by atoms with Gasteiger partial charge in [0.15, 0.2) is 0 Å². The third-order valence-electron chi connectivity index (χ3n) is 4.56. The lowest BCUT2D eigenvalue weighted by atomic mass is 10.2. The van der Waals surface area contributed by atoms with Gasteiger partial charge in [-0.2, -0.15) is 0 Å². The van der Waals surface area contributed by atoms with E-state index in [1.165, 1.54) is 0 Å². The number of carbonyl (C=O) groups is 1. The minimum Gasteiger partial charge on any atom is -0.495 e. The molecule has 5 nitrogen and oxygen atoms in total. The molecule has 7 heteroatoms. The van der Waals surface area contributed by atoms with Gasteiger partial charge in [0.25, 0.3) is 0 Å². The van der Waals surface area contributed by atoms with Crippen LogP contribution in [0, 0.1) is 6.92 Å². The molecule has 26 heavy (non-hydrogen) atoms. The first kappa shape index (κ1) is 18.7. The fourth-order valence-electron chi connectivity index (χ4n) is 3.00. The predicted molar refractivity (Wildman–Crippen MR) is 107 cm³/mol. The Labute approximate surface area is 163 Å². The van der Waals surface area contributed by atoms with Crippen LogP contribution in [0.2, 0.25) is 10.0 Å². The summed E-state index contributed by atoms with van der Waals surface area (Å²) in [5.74, 6) is 0.779. The van der Waals surface area contributed by atoms with Gasteiger partial charge in [-0.3, -0.25) is 0 Å². The Morgan fingerprint density at radius 2 is 1.85 bits per heavy atom. The number of urea groups is 1. The number of nitrogens with one attached hydrogen (secondary N) is 1. The van der Waals surface area contributed by atoms with Crippen molar-refractivity contribution in [1.82, 2.24) is 4.90 Å². The van der Waals surface area contributed by atoms with Crippen LogP contribution in [0.4, 0.5) is 16.2 Å². The molecule has 1 fully saturated rings. The van der Waals surface area contributed by atoms with E-state index in [2.05, 4.69) is 10.2 Å². The van der Waals surface area contributed by atoms with Crippen molar-refractivity contribution in [3.05, 3.63) is 52.0 Å². The van der Waals surface area contributed by atoms with Crippen molar-refractivity contribution in [3.63, 3.8) is 0 Å². The molecule has 0 spiro atoms. The first-order valence-corrected chi connectivity index (χ1v) is 9.14. The number of rotatable bonds is 3. The lowest BCUT2D eigenvalue weighted by molar-refractivity contribution is 0.208. The Kier molecular flexibility index (Phi) is 5.79. The van der Waals surface area contributed by atoms with Gasteiger partial charge in [-0.1, -0.05) is 29.3 Å². The third-order valence-corrected chi connectivity index (χ3v) is 5.20. The molecule has 2 aromatic carbocycles. The number of piperazine rings is 1. The summed E-state index contributed by atoms with van der Waals surface area (Å²) < 4.78 is 5.43. The minimum atomic E-state index is -0.118. The van der Waals surface area contributed by atoms with Crippen LogP contribution in [0.15, 0.2) is 36.4 Å². The van der Waals surface area contributed by atoms with E-state index in [9.17, 15) is 4.79 Å². The molecular weight excluding hydrogens is 373 g/mol. The number of nitrogens with zero attached hydrogens (tertiary/aromatic N) is 2. The van der Waals surface area contributed by atoms with E-state index >= 15 is 0 Å². The topological polar surface area (TPSA) is 44.8 Å². The van der Waals surface area contributed by atoms with Crippen LogP contribution in [0.5, 0.6) is 5.75 Å². The Morgan fingerprint density at radius 1 is 1.12 bits per heavy atom. The number of anilines is 2. The molecule has 1 N–H and O–H groups in total. The van der Waals surface area contributed by atoms with E-state index < -0.39 is 0 Å². The second kappa shape index (κ2) is 8.06. The highest BCUT2D eigenvalue weighted by Gasteiger charge is 2.23. The zero-order valence-electron chi connectivity index (χ0n) is 14.8. The SMILES string of the molecule is COc1ccc(Cl)cc1N1CCN(C(=O)Nc2cccc(Cl)c2C)CC1. The van der Waals surface area contributed by atoms with E-state index in [0.29, 0.717) is 36.2 Å². The van der Waals surface area contributed by atoms with E-state index in [4.69, 9.17) is 27.9 Å². The molecule has 138 valence electrons. The molecule has 1 heterocycles. The average molecular weight is 394 g/mol. The smallest absolute Gasteiger partial charge is 0.321 e. The quantitative estimate of drug-likeness (QED) is 0.823. The van der Waals surface area contributed by atoms with Crippen LogP contribution in [-0.2, 0) is 0 Å². The van der Waals surface area contributed by atoms with Crippen LogP contribution >= 0.6 is 23.2 Å². The predicted octanol–water partition coefficient (Wildman–Crippen LogP) is 4.66. The van der Waals surface area contributed by atoms with Crippen molar-refractivity contribution in [1.29, 1.82) is 0 Å². The van der Waals surface area contributed by atoms with Crippen molar-refractivity contribution < 1.29 is 9.53 Å². The van der Waals surface area contributed by atoms with Gasteiger partial charge in [0, 0.05) is 41.9 Å². The molecule has 2 amide bonds. The van der Waals surface area contributed by atoms with Gasteiger partial charge in [0.1, 0.15) is 5.75 Å². The summed E-state index contributed by atoms with van der Waals surface area (Å²) in [7, 11) is 1.64. The second-order valence-electron chi connectivity index (χ2n) is 6.13. The highest BCUT2D eigenvalue weighted by atomic mass is 35.5. The molecule has 0 unspecified atom stereocenters. The van der Waals surface area contributed by atoms with E-state index in [0.717, 1.165) is 22.7 Å². The molecule has 0 aromatic heterocycles. The van der Waals surface area contributed by atoms with Crippen molar-refractivity contribution in [2.45, 2.75) is 6.92 Å². The molecule has 0 aliphatic carbocycles. The standard InChI is InChI=1S/C19H21Cl2N3O2/c1-13-15(21)4-3-5-16(13)22-19(25)24-10-8-23(9-11-24)17-12-14(20)6-7-18(17)26-2/h3-7,12H,8-11H2,1-2H3,(H,22,25). The van der Waals surface area contributed by atoms with Gasteiger partial charge < -0.3 is 19.9 Å². The number of amides is 2. The highest BCUT2D eigenvalue weighted by Crippen LogP contribution is 2.32. The Morgan fingerprint density at radius 3 is 2.54 bits per heavy atom. The molecule has 3 rings (SSSR count). The van der Waals surface area contributed by atoms with Crippen molar-refractivity contribution in [2.75, 3.05) is 43.5 Å². The van der Waals surface area contributed by atoms with Crippen molar-refractivity contribution in [2.24, 2.45) is 0 Å². The van der Waals surface area contributed by atoms with Crippen LogP contribution in [-0.4, -0.2) is 44.2 Å². The number of ether oxygens (including phenoxy) is 1. The minimum absolute atomic E-state index is 0.118. The van der Waals surface area contributed by atoms with Crippen LogP contribution in [0.25, 0.3) is 0 Å². The summed E-state index contributed by atoms with van der Waals surface area (Å²) in [5, 5.41) is 4.25. The van der Waals surface area contributed by atoms with Gasteiger partial charge in [-0.15, -0.1) is 0 Å². The zero-order chi connectivity index (χ0) is 18.7. The number of halogens is 2. The van der Waals surface area contributed by atoms with Crippen LogP contribution in [0.3, 0.4) is 0 Å². The molecule has 0 saturated carbocycles. The number of benzene rings is 2. The van der Waals surface area contributed by atoms with E-state index in [-0.39, 0.29) is 6.03 Å². The first-order valence-electron chi connectivity index (χ1n) is 8.39. The maximum Gasteiger partial charge on any atom is 0.321 e. The fraction of sp³-hybridized carbons (Fsp3) is 0.316. The fourth-order valence-corrected chi connectivity index (χ4v) is 3.34. The number of hydrogen-bond acceptors (Lipinski definition) is 3.